The SMILES string of the molecule is CC(=O)CCn1c(N)nc2ccccc21. The van der Waals surface area contributed by atoms with Crippen molar-refractivity contribution in [1.82, 2.24) is 9.55 Å². The molecule has 0 atom stereocenters. The Morgan fingerprint density at radius 2 is 2.20 bits per heavy atom. The maximum absolute atomic E-state index is 10.9. The molecule has 0 fully saturated rings. The minimum absolute atomic E-state index is 0.159. The van der Waals surface area contributed by atoms with Crippen LogP contribution in [0.3, 0.4) is 0 Å². The van der Waals surface area contributed by atoms with E-state index in [1.807, 2.05) is 28.8 Å². The number of nitrogen functional groups attached to an aromatic ring is 1. The largest absolute Gasteiger partial charge is 0.369 e. The number of nitrogens with two attached hydrogens (primary N) is 1. The molecule has 2 rings (SSSR count). The van der Waals surface area contributed by atoms with Crippen LogP contribution in [0.1, 0.15) is 13.3 Å². The molecule has 0 aliphatic heterocycles. The molecule has 0 unspecified atom stereocenters. The smallest absolute Gasteiger partial charge is 0.201 e. The number of rotatable bonds is 3. The standard InChI is InChI=1S/C11H13N3O/c1-8(15)6-7-14-10-5-3-2-4-9(10)13-11(14)12/h2-5H,6-7H2,1H3,(H2,12,13). The highest BCUT2D eigenvalue weighted by Gasteiger charge is 2.07. The van der Waals surface area contributed by atoms with Crippen molar-refractivity contribution in [3.05, 3.63) is 24.3 Å². The van der Waals surface area contributed by atoms with Gasteiger partial charge in [0.2, 0.25) is 5.95 Å². The molecule has 0 radical (unpaired) electrons. The summed E-state index contributed by atoms with van der Waals surface area (Å²) in [6.07, 6.45) is 0.491. The molecule has 1 aromatic carbocycles. The molecular formula is C11H13N3O. The number of aryl methyl sites for hydroxylation is 1. The van der Waals surface area contributed by atoms with E-state index in [1.165, 1.54) is 0 Å². The quantitative estimate of drug-likeness (QED) is 0.824. The van der Waals surface area contributed by atoms with Crippen molar-refractivity contribution in [2.24, 2.45) is 0 Å². The van der Waals surface area contributed by atoms with Crippen LogP contribution >= 0.6 is 0 Å². The van der Waals surface area contributed by atoms with E-state index in [2.05, 4.69) is 4.98 Å². The van der Waals surface area contributed by atoms with Gasteiger partial charge in [0.15, 0.2) is 0 Å². The lowest BCUT2D eigenvalue weighted by Gasteiger charge is -2.03. The molecule has 4 nitrogen and oxygen atoms in total. The second kappa shape index (κ2) is 3.73. The normalized spacial score (nSPS) is 10.7. The summed E-state index contributed by atoms with van der Waals surface area (Å²) in [5, 5.41) is 0. The number of carbonyl (C=O) groups is 1. The maximum Gasteiger partial charge on any atom is 0.201 e. The molecule has 2 aromatic rings. The number of imidazole rings is 1. The van der Waals surface area contributed by atoms with Crippen LogP contribution in [0.15, 0.2) is 24.3 Å². The van der Waals surface area contributed by atoms with Gasteiger partial charge < -0.3 is 10.3 Å². The van der Waals surface area contributed by atoms with Crippen molar-refractivity contribution < 1.29 is 4.79 Å². The fourth-order valence-corrected chi connectivity index (χ4v) is 1.60. The molecule has 1 heterocycles. The Bertz CT molecular complexity index is 502. The van der Waals surface area contributed by atoms with Gasteiger partial charge in [-0.3, -0.25) is 4.79 Å². The number of hydrogen-bond donors (Lipinski definition) is 1. The van der Waals surface area contributed by atoms with Gasteiger partial charge in [-0.25, -0.2) is 4.98 Å². The van der Waals surface area contributed by atoms with E-state index in [0.29, 0.717) is 18.9 Å². The number of ketones is 1. The van der Waals surface area contributed by atoms with Gasteiger partial charge in [-0.1, -0.05) is 12.1 Å². The lowest BCUT2D eigenvalue weighted by atomic mass is 10.3. The third kappa shape index (κ3) is 1.83. The molecule has 2 N–H and O–H groups in total. The lowest BCUT2D eigenvalue weighted by molar-refractivity contribution is -0.117. The molecule has 4 heteroatoms. The molecule has 1 aromatic heterocycles. The number of fused-ring (bicyclic) bond motifs is 1. The average molecular weight is 203 g/mol. The summed E-state index contributed by atoms with van der Waals surface area (Å²) in [5.74, 6) is 0.629. The Morgan fingerprint density at radius 3 is 2.93 bits per heavy atom. The van der Waals surface area contributed by atoms with E-state index in [9.17, 15) is 4.79 Å². The first-order valence-corrected chi connectivity index (χ1v) is 4.88. The molecule has 15 heavy (non-hydrogen) atoms. The Kier molecular flexibility index (Phi) is 2.41. The third-order valence-electron chi connectivity index (χ3n) is 2.37. The lowest BCUT2D eigenvalue weighted by Crippen LogP contribution is -2.06. The van der Waals surface area contributed by atoms with Crippen LogP contribution < -0.4 is 5.73 Å². The molecule has 0 bridgehead atoms. The molecular weight excluding hydrogens is 190 g/mol. The summed E-state index contributed by atoms with van der Waals surface area (Å²) >= 11 is 0. The van der Waals surface area contributed by atoms with Crippen molar-refractivity contribution in [1.29, 1.82) is 0 Å². The Morgan fingerprint density at radius 1 is 1.47 bits per heavy atom. The molecule has 78 valence electrons. The predicted octanol–water partition coefficient (Wildman–Crippen LogP) is 1.60. The third-order valence-corrected chi connectivity index (χ3v) is 2.37. The highest BCUT2D eigenvalue weighted by atomic mass is 16.1. The van der Waals surface area contributed by atoms with Gasteiger partial charge in [0, 0.05) is 13.0 Å². The Hall–Kier alpha value is -1.84. The number of Topliss-reactive ketones (excluding diaryl/α,β-unsaturated/α-hetero) is 1. The number of nitrogens with zero attached hydrogens (tertiary/aromatic N) is 2. The van der Waals surface area contributed by atoms with Gasteiger partial charge in [0.25, 0.3) is 0 Å². The van der Waals surface area contributed by atoms with Crippen LogP contribution in [0, 0.1) is 0 Å². The number of hydrogen-bond acceptors (Lipinski definition) is 3. The number of carbonyl (C=O) groups excluding carboxylic acids is 1. The maximum atomic E-state index is 10.9. The molecule has 0 saturated heterocycles. The van der Waals surface area contributed by atoms with Crippen molar-refractivity contribution in [3.63, 3.8) is 0 Å². The van der Waals surface area contributed by atoms with E-state index in [1.54, 1.807) is 6.92 Å². The summed E-state index contributed by atoms with van der Waals surface area (Å²) in [6, 6.07) is 7.73. The fraction of sp³-hybridized carbons (Fsp3) is 0.273. The van der Waals surface area contributed by atoms with E-state index in [-0.39, 0.29) is 5.78 Å². The first kappa shape index (κ1) is 9.71. The second-order valence-corrected chi connectivity index (χ2v) is 3.56. The first-order chi connectivity index (χ1) is 7.18. The van der Waals surface area contributed by atoms with Crippen LogP contribution in [0.5, 0.6) is 0 Å². The van der Waals surface area contributed by atoms with Gasteiger partial charge in [0.1, 0.15) is 5.78 Å². The second-order valence-electron chi connectivity index (χ2n) is 3.56. The minimum Gasteiger partial charge on any atom is -0.369 e. The van der Waals surface area contributed by atoms with Crippen molar-refractivity contribution >= 4 is 22.8 Å². The zero-order chi connectivity index (χ0) is 10.8. The first-order valence-electron chi connectivity index (χ1n) is 4.88. The van der Waals surface area contributed by atoms with Gasteiger partial charge in [0.05, 0.1) is 11.0 Å². The highest BCUT2D eigenvalue weighted by Crippen LogP contribution is 2.17. The zero-order valence-electron chi connectivity index (χ0n) is 8.60. The summed E-state index contributed by atoms with van der Waals surface area (Å²) in [4.78, 5) is 15.1. The Labute approximate surface area is 87.7 Å². The molecule has 0 spiro atoms. The number of aromatic nitrogens is 2. The van der Waals surface area contributed by atoms with Gasteiger partial charge in [-0.05, 0) is 19.1 Å². The summed E-state index contributed by atoms with van der Waals surface area (Å²) in [5.41, 5.74) is 7.64. The van der Waals surface area contributed by atoms with Crippen LogP contribution in [0.25, 0.3) is 11.0 Å². The van der Waals surface area contributed by atoms with Crippen LogP contribution in [-0.4, -0.2) is 15.3 Å². The zero-order valence-corrected chi connectivity index (χ0v) is 8.60. The van der Waals surface area contributed by atoms with Gasteiger partial charge in [-0.2, -0.15) is 0 Å². The predicted molar refractivity (Wildman–Crippen MR) is 59.4 cm³/mol. The van der Waals surface area contributed by atoms with Crippen LogP contribution in [0.4, 0.5) is 5.95 Å². The monoisotopic (exact) mass is 203 g/mol. The van der Waals surface area contributed by atoms with Crippen LogP contribution in [-0.2, 0) is 11.3 Å². The number of benzene rings is 1. The summed E-state index contributed by atoms with van der Waals surface area (Å²) < 4.78 is 1.87. The van der Waals surface area contributed by atoms with E-state index in [4.69, 9.17) is 5.73 Å². The van der Waals surface area contributed by atoms with E-state index < -0.39 is 0 Å². The molecule has 0 saturated carbocycles. The number of anilines is 1. The molecule has 0 aliphatic carbocycles. The number of para-hydroxylation sites is 2. The molecule has 0 aliphatic rings. The average Bonchev–Trinajstić information content (AvgIpc) is 2.50. The Balaban J connectivity index is 2.40. The van der Waals surface area contributed by atoms with Gasteiger partial charge >= 0.3 is 0 Å². The van der Waals surface area contributed by atoms with Crippen molar-refractivity contribution in [2.75, 3.05) is 5.73 Å². The highest BCUT2D eigenvalue weighted by molar-refractivity contribution is 5.79. The van der Waals surface area contributed by atoms with E-state index >= 15 is 0 Å². The van der Waals surface area contributed by atoms with Crippen molar-refractivity contribution in [2.45, 2.75) is 19.9 Å². The van der Waals surface area contributed by atoms with Crippen LogP contribution in [0.2, 0.25) is 0 Å². The minimum atomic E-state index is 0.159. The fourth-order valence-electron chi connectivity index (χ4n) is 1.60. The summed E-state index contributed by atoms with van der Waals surface area (Å²) in [6.45, 7) is 2.18. The molecule has 0 amide bonds. The topological polar surface area (TPSA) is 60.9 Å². The summed E-state index contributed by atoms with van der Waals surface area (Å²) in [7, 11) is 0. The van der Waals surface area contributed by atoms with Gasteiger partial charge in [-0.15, -0.1) is 0 Å². The van der Waals surface area contributed by atoms with Crippen molar-refractivity contribution in [3.8, 4) is 0 Å². The van der Waals surface area contributed by atoms with E-state index in [0.717, 1.165) is 11.0 Å².